The molecule has 0 aliphatic heterocycles. The molecule has 128 valence electrons. The molecule has 3 N–H and O–H groups in total. The number of hydrogen-bond acceptors (Lipinski definition) is 3. The average Bonchev–Trinajstić information content (AvgIpc) is 2.46. The quantitative estimate of drug-likeness (QED) is 0.375. The second-order valence-corrected chi connectivity index (χ2v) is 6.69. The topological polar surface area (TPSA) is 60.7 Å². The summed E-state index contributed by atoms with van der Waals surface area (Å²) in [4.78, 5) is 0. The average molecular weight is 302 g/mol. The van der Waals surface area contributed by atoms with Gasteiger partial charge in [-0.25, -0.2) is 0 Å². The fourth-order valence-electron chi connectivity index (χ4n) is 2.79. The van der Waals surface area contributed by atoms with Crippen LogP contribution in [0, 0.1) is 0 Å². The van der Waals surface area contributed by atoms with Gasteiger partial charge in [0.1, 0.15) is 0 Å². The zero-order valence-corrected chi connectivity index (χ0v) is 14.2. The summed E-state index contributed by atoms with van der Waals surface area (Å²) in [5.41, 5.74) is -0.586. The summed E-state index contributed by atoms with van der Waals surface area (Å²) in [7, 11) is 0. The van der Waals surface area contributed by atoms with E-state index in [0.717, 1.165) is 19.3 Å². The van der Waals surface area contributed by atoms with Crippen LogP contribution in [0.4, 0.5) is 0 Å². The Morgan fingerprint density at radius 1 is 0.524 bits per heavy atom. The van der Waals surface area contributed by atoms with E-state index >= 15 is 0 Å². The van der Waals surface area contributed by atoms with Gasteiger partial charge < -0.3 is 15.3 Å². The predicted octanol–water partition coefficient (Wildman–Crippen LogP) is 4.18. The smallest absolute Gasteiger partial charge is 0.0620 e. The second kappa shape index (κ2) is 14.8. The molecule has 0 fully saturated rings. The molecule has 0 radical (unpaired) electrons. The highest BCUT2D eigenvalue weighted by Crippen LogP contribution is 2.20. The first kappa shape index (κ1) is 20.9. The summed E-state index contributed by atoms with van der Waals surface area (Å²) < 4.78 is 0. The third-order valence-corrected chi connectivity index (χ3v) is 4.25. The summed E-state index contributed by atoms with van der Waals surface area (Å²) in [6, 6.07) is 0. The van der Waals surface area contributed by atoms with Crippen LogP contribution in [-0.2, 0) is 0 Å². The Hall–Kier alpha value is -0.120. The molecule has 0 aromatic carbocycles. The Balaban J connectivity index is 3.18. The Labute approximate surface area is 131 Å². The summed E-state index contributed by atoms with van der Waals surface area (Å²) in [5, 5.41) is 27.5. The fraction of sp³-hybridized carbons (Fsp3) is 1.00. The molecule has 3 heteroatoms. The first-order valence-corrected chi connectivity index (χ1v) is 9.06. The van der Waals surface area contributed by atoms with Crippen LogP contribution in [0.1, 0.15) is 96.8 Å². The molecule has 1 unspecified atom stereocenters. The van der Waals surface area contributed by atoms with E-state index in [2.05, 4.69) is 0 Å². The van der Waals surface area contributed by atoms with Gasteiger partial charge in [0.15, 0.2) is 0 Å². The highest BCUT2D eigenvalue weighted by atomic mass is 16.3. The summed E-state index contributed by atoms with van der Waals surface area (Å²) in [5.74, 6) is 0. The van der Waals surface area contributed by atoms with Crippen molar-refractivity contribution in [2.24, 2.45) is 0 Å². The standard InChI is InChI=1S/C18H38O3/c1-18(21,15-13-17-20)14-11-9-7-5-3-2-4-6-8-10-12-16-19/h19-21H,2-17H2,1H3. The first-order chi connectivity index (χ1) is 10.1. The first-order valence-electron chi connectivity index (χ1n) is 9.06. The minimum Gasteiger partial charge on any atom is -0.396 e. The number of aliphatic hydroxyl groups is 3. The number of aliphatic hydroxyl groups excluding tert-OH is 2. The summed E-state index contributed by atoms with van der Waals surface area (Å²) in [6.07, 6.45) is 15.9. The van der Waals surface area contributed by atoms with Gasteiger partial charge >= 0.3 is 0 Å². The predicted molar refractivity (Wildman–Crippen MR) is 89.4 cm³/mol. The van der Waals surface area contributed by atoms with Gasteiger partial charge in [0.2, 0.25) is 0 Å². The SMILES string of the molecule is CC(O)(CCCO)CCCCCCCCCCCCCO. The van der Waals surface area contributed by atoms with Crippen molar-refractivity contribution in [1.29, 1.82) is 0 Å². The highest BCUT2D eigenvalue weighted by Gasteiger charge is 2.18. The van der Waals surface area contributed by atoms with Gasteiger partial charge in [0.05, 0.1) is 5.60 Å². The van der Waals surface area contributed by atoms with E-state index in [0.29, 0.717) is 19.4 Å². The van der Waals surface area contributed by atoms with Crippen molar-refractivity contribution in [2.75, 3.05) is 13.2 Å². The Morgan fingerprint density at radius 2 is 0.857 bits per heavy atom. The molecule has 0 aliphatic carbocycles. The number of unbranched alkanes of at least 4 members (excludes halogenated alkanes) is 10. The van der Waals surface area contributed by atoms with Crippen LogP contribution in [0.5, 0.6) is 0 Å². The molecule has 0 aromatic heterocycles. The lowest BCUT2D eigenvalue weighted by atomic mass is 9.93. The fourth-order valence-corrected chi connectivity index (χ4v) is 2.79. The lowest BCUT2D eigenvalue weighted by Gasteiger charge is -2.22. The van der Waals surface area contributed by atoms with Gasteiger partial charge in [-0.1, -0.05) is 64.2 Å². The van der Waals surface area contributed by atoms with Crippen LogP contribution < -0.4 is 0 Å². The van der Waals surface area contributed by atoms with Gasteiger partial charge in [0.25, 0.3) is 0 Å². The lowest BCUT2D eigenvalue weighted by molar-refractivity contribution is 0.0326. The molecule has 21 heavy (non-hydrogen) atoms. The van der Waals surface area contributed by atoms with Crippen LogP contribution in [0.2, 0.25) is 0 Å². The van der Waals surface area contributed by atoms with Gasteiger partial charge in [-0.15, -0.1) is 0 Å². The zero-order valence-electron chi connectivity index (χ0n) is 14.2. The Bertz CT molecular complexity index is 205. The largest absolute Gasteiger partial charge is 0.396 e. The van der Waals surface area contributed by atoms with Crippen molar-refractivity contribution in [1.82, 2.24) is 0 Å². The highest BCUT2D eigenvalue weighted by molar-refractivity contribution is 4.72. The molecule has 3 nitrogen and oxygen atoms in total. The van der Waals surface area contributed by atoms with Crippen molar-refractivity contribution in [3.8, 4) is 0 Å². The van der Waals surface area contributed by atoms with Crippen molar-refractivity contribution in [3.05, 3.63) is 0 Å². The van der Waals surface area contributed by atoms with E-state index in [4.69, 9.17) is 10.2 Å². The third-order valence-electron chi connectivity index (χ3n) is 4.25. The molecule has 1 atom stereocenters. The molecular formula is C18H38O3. The van der Waals surface area contributed by atoms with E-state index in [-0.39, 0.29) is 6.61 Å². The lowest BCUT2D eigenvalue weighted by Crippen LogP contribution is -2.24. The van der Waals surface area contributed by atoms with Crippen molar-refractivity contribution >= 4 is 0 Å². The van der Waals surface area contributed by atoms with Gasteiger partial charge in [-0.3, -0.25) is 0 Å². The van der Waals surface area contributed by atoms with E-state index in [1.54, 1.807) is 0 Å². The second-order valence-electron chi connectivity index (χ2n) is 6.69. The normalized spacial score (nSPS) is 14.3. The number of hydrogen-bond donors (Lipinski definition) is 3. The molecule has 0 bridgehead atoms. The van der Waals surface area contributed by atoms with E-state index in [1.807, 2.05) is 6.92 Å². The van der Waals surface area contributed by atoms with Crippen LogP contribution in [0.15, 0.2) is 0 Å². The molecule has 0 rings (SSSR count). The van der Waals surface area contributed by atoms with Crippen molar-refractivity contribution in [3.63, 3.8) is 0 Å². The molecule has 0 heterocycles. The number of rotatable bonds is 16. The van der Waals surface area contributed by atoms with E-state index in [9.17, 15) is 5.11 Å². The van der Waals surface area contributed by atoms with Crippen molar-refractivity contribution in [2.45, 2.75) is 102 Å². The minimum absolute atomic E-state index is 0.177. The molecule has 0 aromatic rings. The third kappa shape index (κ3) is 16.1. The van der Waals surface area contributed by atoms with Crippen LogP contribution in [0.3, 0.4) is 0 Å². The molecule has 0 amide bonds. The van der Waals surface area contributed by atoms with Crippen LogP contribution in [0.25, 0.3) is 0 Å². The van der Waals surface area contributed by atoms with Gasteiger partial charge in [-0.2, -0.15) is 0 Å². The van der Waals surface area contributed by atoms with Crippen LogP contribution >= 0.6 is 0 Å². The molecule has 0 saturated heterocycles. The zero-order chi connectivity index (χ0) is 15.8. The Morgan fingerprint density at radius 3 is 1.29 bits per heavy atom. The Kier molecular flexibility index (Phi) is 14.7. The maximum Gasteiger partial charge on any atom is 0.0620 e. The monoisotopic (exact) mass is 302 g/mol. The maximum absolute atomic E-state index is 10.1. The van der Waals surface area contributed by atoms with Gasteiger partial charge in [0, 0.05) is 13.2 Å². The summed E-state index contributed by atoms with van der Waals surface area (Å²) in [6.45, 7) is 2.41. The van der Waals surface area contributed by atoms with Crippen molar-refractivity contribution < 1.29 is 15.3 Å². The van der Waals surface area contributed by atoms with Crippen LogP contribution in [-0.4, -0.2) is 34.1 Å². The minimum atomic E-state index is -0.586. The summed E-state index contributed by atoms with van der Waals surface area (Å²) >= 11 is 0. The van der Waals surface area contributed by atoms with E-state index < -0.39 is 5.60 Å². The molecule has 0 spiro atoms. The molecule has 0 saturated carbocycles. The maximum atomic E-state index is 10.1. The van der Waals surface area contributed by atoms with Gasteiger partial charge in [-0.05, 0) is 32.6 Å². The van der Waals surface area contributed by atoms with E-state index in [1.165, 1.54) is 57.8 Å². The molecule has 0 aliphatic rings. The molecular weight excluding hydrogens is 264 g/mol.